The van der Waals surface area contributed by atoms with Gasteiger partial charge in [-0.2, -0.15) is 4.31 Å². The molecule has 4 nitrogen and oxygen atoms in total. The van der Waals surface area contributed by atoms with Gasteiger partial charge in [-0.05, 0) is 25.0 Å². The molecule has 0 amide bonds. The largest absolute Gasteiger partial charge is 0.326 e. The van der Waals surface area contributed by atoms with E-state index in [-0.39, 0.29) is 23.3 Å². The van der Waals surface area contributed by atoms with Gasteiger partial charge in [0.05, 0.1) is 5.02 Å². The van der Waals surface area contributed by atoms with Crippen LogP contribution >= 0.6 is 24.0 Å². The third-order valence-electron chi connectivity index (χ3n) is 2.96. The normalized spacial score (nSPS) is 20.7. The first-order valence-corrected chi connectivity index (χ1v) is 7.25. The number of sulfonamides is 1. The van der Waals surface area contributed by atoms with Gasteiger partial charge < -0.3 is 5.73 Å². The van der Waals surface area contributed by atoms with Crippen molar-refractivity contribution in [3.05, 3.63) is 28.8 Å². The van der Waals surface area contributed by atoms with Crippen LogP contribution in [0.1, 0.15) is 12.0 Å². The van der Waals surface area contributed by atoms with Crippen molar-refractivity contribution in [1.82, 2.24) is 4.31 Å². The minimum absolute atomic E-state index is 0. The lowest BCUT2D eigenvalue weighted by molar-refractivity contribution is 0.472. The quantitative estimate of drug-likeness (QED) is 0.906. The number of hydrogen-bond acceptors (Lipinski definition) is 3. The Kier molecular flexibility index (Phi) is 5.03. The molecule has 1 heterocycles. The van der Waals surface area contributed by atoms with Crippen molar-refractivity contribution >= 4 is 34.0 Å². The molecule has 1 fully saturated rings. The second-order valence-corrected chi connectivity index (χ2v) is 6.58. The van der Waals surface area contributed by atoms with Gasteiger partial charge in [0.2, 0.25) is 10.0 Å². The minimum atomic E-state index is -3.50. The zero-order valence-electron chi connectivity index (χ0n) is 9.97. The highest BCUT2D eigenvalue weighted by atomic mass is 35.5. The molecule has 1 aromatic carbocycles. The van der Waals surface area contributed by atoms with Crippen molar-refractivity contribution in [2.24, 2.45) is 5.73 Å². The summed E-state index contributed by atoms with van der Waals surface area (Å²) in [5, 5.41) is 0.299. The van der Waals surface area contributed by atoms with Gasteiger partial charge in [-0.25, -0.2) is 8.42 Å². The highest BCUT2D eigenvalue weighted by molar-refractivity contribution is 7.89. The van der Waals surface area contributed by atoms with Crippen molar-refractivity contribution in [2.45, 2.75) is 24.3 Å². The Hall–Kier alpha value is -0.330. The summed E-state index contributed by atoms with van der Waals surface area (Å²) in [5.41, 5.74) is 6.49. The van der Waals surface area contributed by atoms with Crippen molar-refractivity contribution in [1.29, 1.82) is 0 Å². The molecule has 1 aliphatic rings. The molecule has 1 atom stereocenters. The standard InChI is InChI=1S/C11H15ClN2O2S.ClH/c1-8-3-2-4-10(11(8)12)17(15,16)14-6-5-9(13)7-14;/h2-4,9H,5-7,13H2,1H3;1H/t9-;/m1./s1. The van der Waals surface area contributed by atoms with Crippen LogP contribution in [0.15, 0.2) is 23.1 Å². The van der Waals surface area contributed by atoms with Crippen molar-refractivity contribution in [2.75, 3.05) is 13.1 Å². The predicted octanol–water partition coefficient (Wildman–Crippen LogP) is 1.79. The van der Waals surface area contributed by atoms with E-state index in [1.165, 1.54) is 10.4 Å². The first-order chi connectivity index (χ1) is 7.93. The Balaban J connectivity index is 0.00000162. The first-order valence-electron chi connectivity index (χ1n) is 5.44. The number of rotatable bonds is 2. The number of aryl methyl sites for hydroxylation is 1. The average molecular weight is 311 g/mol. The molecular formula is C11H16Cl2N2O2S. The molecule has 2 N–H and O–H groups in total. The highest BCUT2D eigenvalue weighted by Crippen LogP contribution is 2.28. The van der Waals surface area contributed by atoms with E-state index in [1.54, 1.807) is 19.1 Å². The third kappa shape index (κ3) is 2.81. The summed E-state index contributed by atoms with van der Waals surface area (Å²) in [6.45, 7) is 2.62. The van der Waals surface area contributed by atoms with E-state index in [0.717, 1.165) is 5.56 Å². The Morgan fingerprint density at radius 1 is 1.44 bits per heavy atom. The smallest absolute Gasteiger partial charge is 0.244 e. The number of hydrogen-bond donors (Lipinski definition) is 1. The van der Waals surface area contributed by atoms with Crippen LogP contribution in [0.2, 0.25) is 5.02 Å². The maximum atomic E-state index is 12.3. The summed E-state index contributed by atoms with van der Waals surface area (Å²) >= 11 is 6.06. The zero-order chi connectivity index (χ0) is 12.6. The Morgan fingerprint density at radius 3 is 2.67 bits per heavy atom. The summed E-state index contributed by atoms with van der Waals surface area (Å²) < 4.78 is 26.1. The summed E-state index contributed by atoms with van der Waals surface area (Å²) in [7, 11) is -3.50. The van der Waals surface area contributed by atoms with Crippen LogP contribution < -0.4 is 5.73 Å². The molecule has 102 valence electrons. The molecule has 2 rings (SSSR count). The van der Waals surface area contributed by atoms with E-state index in [4.69, 9.17) is 17.3 Å². The number of halogens is 2. The van der Waals surface area contributed by atoms with E-state index in [9.17, 15) is 8.42 Å². The van der Waals surface area contributed by atoms with Crippen LogP contribution in [0, 0.1) is 6.92 Å². The van der Waals surface area contributed by atoms with Crippen LogP contribution in [0.25, 0.3) is 0 Å². The van der Waals surface area contributed by atoms with Crippen LogP contribution in [0.3, 0.4) is 0 Å². The Labute approximate surface area is 119 Å². The molecule has 1 aromatic rings. The van der Waals surface area contributed by atoms with Gasteiger partial charge in [-0.1, -0.05) is 23.7 Å². The second-order valence-electron chi connectivity index (χ2n) is 4.30. The fourth-order valence-electron chi connectivity index (χ4n) is 1.93. The van der Waals surface area contributed by atoms with E-state index in [1.807, 2.05) is 0 Å². The molecule has 18 heavy (non-hydrogen) atoms. The SMILES string of the molecule is Cc1cccc(S(=O)(=O)N2CC[C@@H](N)C2)c1Cl.Cl. The molecule has 0 unspecified atom stereocenters. The van der Waals surface area contributed by atoms with Gasteiger partial charge in [0, 0.05) is 19.1 Å². The van der Waals surface area contributed by atoms with Gasteiger partial charge in [0.25, 0.3) is 0 Å². The maximum absolute atomic E-state index is 12.3. The van der Waals surface area contributed by atoms with Crippen LogP contribution in [-0.4, -0.2) is 31.9 Å². The molecular weight excluding hydrogens is 295 g/mol. The number of nitrogens with two attached hydrogens (primary N) is 1. The second kappa shape index (κ2) is 5.75. The third-order valence-corrected chi connectivity index (χ3v) is 5.48. The first kappa shape index (κ1) is 15.7. The fourth-order valence-corrected chi connectivity index (χ4v) is 4.00. The molecule has 0 spiro atoms. The lowest BCUT2D eigenvalue weighted by atomic mass is 10.2. The topological polar surface area (TPSA) is 63.4 Å². The predicted molar refractivity (Wildman–Crippen MR) is 74.8 cm³/mol. The molecule has 7 heteroatoms. The summed E-state index contributed by atoms with van der Waals surface area (Å²) in [4.78, 5) is 0.174. The fraction of sp³-hybridized carbons (Fsp3) is 0.455. The highest BCUT2D eigenvalue weighted by Gasteiger charge is 2.32. The lowest BCUT2D eigenvalue weighted by Crippen LogP contribution is -2.32. The van der Waals surface area contributed by atoms with E-state index >= 15 is 0 Å². The molecule has 0 radical (unpaired) electrons. The van der Waals surface area contributed by atoms with Gasteiger partial charge in [-0.3, -0.25) is 0 Å². The van der Waals surface area contributed by atoms with Crippen LogP contribution in [-0.2, 0) is 10.0 Å². The molecule has 1 saturated heterocycles. The van der Waals surface area contributed by atoms with E-state index in [2.05, 4.69) is 0 Å². The zero-order valence-corrected chi connectivity index (χ0v) is 12.4. The molecule has 0 bridgehead atoms. The van der Waals surface area contributed by atoms with E-state index < -0.39 is 10.0 Å². The van der Waals surface area contributed by atoms with Crippen molar-refractivity contribution in [3.8, 4) is 0 Å². The van der Waals surface area contributed by atoms with Crippen LogP contribution in [0.4, 0.5) is 0 Å². The Morgan fingerprint density at radius 2 is 2.11 bits per heavy atom. The summed E-state index contributed by atoms with van der Waals surface area (Å²) in [6.07, 6.45) is 0.697. The van der Waals surface area contributed by atoms with Crippen LogP contribution in [0.5, 0.6) is 0 Å². The molecule has 0 saturated carbocycles. The maximum Gasteiger partial charge on any atom is 0.244 e. The average Bonchev–Trinajstić information content (AvgIpc) is 2.69. The minimum Gasteiger partial charge on any atom is -0.326 e. The van der Waals surface area contributed by atoms with Gasteiger partial charge in [0.1, 0.15) is 4.90 Å². The monoisotopic (exact) mass is 310 g/mol. The molecule has 0 aromatic heterocycles. The van der Waals surface area contributed by atoms with Crippen molar-refractivity contribution < 1.29 is 8.42 Å². The summed E-state index contributed by atoms with van der Waals surface area (Å²) in [6, 6.07) is 4.95. The molecule has 1 aliphatic heterocycles. The summed E-state index contributed by atoms with van der Waals surface area (Å²) in [5.74, 6) is 0. The van der Waals surface area contributed by atoms with Gasteiger partial charge in [0.15, 0.2) is 0 Å². The van der Waals surface area contributed by atoms with Gasteiger partial charge >= 0.3 is 0 Å². The number of nitrogens with zero attached hydrogens (tertiary/aromatic N) is 1. The number of benzene rings is 1. The Bertz CT molecular complexity index is 534. The van der Waals surface area contributed by atoms with Gasteiger partial charge in [-0.15, -0.1) is 12.4 Å². The van der Waals surface area contributed by atoms with Crippen molar-refractivity contribution in [3.63, 3.8) is 0 Å². The molecule has 0 aliphatic carbocycles. The van der Waals surface area contributed by atoms with E-state index in [0.29, 0.717) is 24.5 Å². The lowest BCUT2D eigenvalue weighted by Gasteiger charge is -2.17.